The Morgan fingerprint density at radius 3 is 1.74 bits per heavy atom. The molecule has 0 N–H and O–H groups in total. The smallest absolute Gasteiger partial charge is 0.164 e. The first-order valence-electron chi connectivity index (χ1n) is 16.1. The van der Waals surface area contributed by atoms with E-state index in [0.717, 1.165) is 33.0 Å². The van der Waals surface area contributed by atoms with E-state index >= 15 is 0 Å². The first-order chi connectivity index (χ1) is 23.0. The fourth-order valence-corrected chi connectivity index (χ4v) is 7.39. The van der Waals surface area contributed by atoms with Gasteiger partial charge in [0, 0.05) is 22.1 Å². The number of hydrogen-bond donors (Lipinski definition) is 0. The number of aromatic nitrogens is 3. The van der Waals surface area contributed by atoms with E-state index < -0.39 is 0 Å². The average Bonchev–Trinajstić information content (AvgIpc) is 3.38. The lowest BCUT2D eigenvalue weighted by Crippen LogP contribution is -2.15. The van der Waals surface area contributed by atoms with Gasteiger partial charge in [-0.2, -0.15) is 0 Å². The summed E-state index contributed by atoms with van der Waals surface area (Å²) in [6.07, 6.45) is 0. The lowest BCUT2D eigenvalue weighted by Gasteiger charge is -2.23. The lowest BCUT2D eigenvalue weighted by atomic mass is 9.80. The minimum atomic E-state index is -0.0921. The average molecular weight is 602 g/mol. The molecule has 3 nitrogen and oxygen atoms in total. The normalized spacial score (nSPS) is 13.1. The van der Waals surface area contributed by atoms with Gasteiger partial charge in [0.05, 0.1) is 0 Å². The summed E-state index contributed by atoms with van der Waals surface area (Å²) >= 11 is 0. The standard InChI is InChI=1S/C44H31N3/c1-44(2)39-20-12-11-19-35(39)36-24-23-28-21-22-31(26-37(28)40(36)44)33-25-32-17-9-10-18-34(32)38(27-33)43-46-41(29-13-5-3-6-14-29)45-42(47-43)30-15-7-4-8-16-30/h3-27H,1-2H3. The Morgan fingerprint density at radius 1 is 0.383 bits per heavy atom. The molecule has 0 spiro atoms. The molecule has 0 aliphatic heterocycles. The lowest BCUT2D eigenvalue weighted by molar-refractivity contribution is 0.666. The van der Waals surface area contributed by atoms with E-state index in [1.165, 1.54) is 38.6 Å². The van der Waals surface area contributed by atoms with Gasteiger partial charge in [0.1, 0.15) is 0 Å². The van der Waals surface area contributed by atoms with Gasteiger partial charge in [0.15, 0.2) is 17.5 Å². The van der Waals surface area contributed by atoms with Gasteiger partial charge in [-0.3, -0.25) is 0 Å². The van der Waals surface area contributed by atoms with Crippen molar-refractivity contribution in [3.8, 4) is 56.4 Å². The molecule has 3 heteroatoms. The van der Waals surface area contributed by atoms with E-state index in [-0.39, 0.29) is 5.41 Å². The quantitative estimate of drug-likeness (QED) is 0.201. The van der Waals surface area contributed by atoms with Gasteiger partial charge in [-0.15, -0.1) is 0 Å². The molecule has 0 bridgehead atoms. The third kappa shape index (κ3) is 4.46. The highest BCUT2D eigenvalue weighted by Gasteiger charge is 2.36. The third-order valence-electron chi connectivity index (χ3n) is 9.67. The highest BCUT2D eigenvalue weighted by atomic mass is 15.0. The van der Waals surface area contributed by atoms with Crippen molar-refractivity contribution in [1.29, 1.82) is 0 Å². The van der Waals surface area contributed by atoms with Gasteiger partial charge < -0.3 is 0 Å². The van der Waals surface area contributed by atoms with Gasteiger partial charge in [-0.1, -0.05) is 147 Å². The van der Waals surface area contributed by atoms with Crippen LogP contribution in [0.25, 0.3) is 78.0 Å². The maximum atomic E-state index is 5.10. The number of rotatable bonds is 4. The predicted octanol–water partition coefficient (Wildman–Crippen LogP) is 11.2. The van der Waals surface area contributed by atoms with Gasteiger partial charge >= 0.3 is 0 Å². The van der Waals surface area contributed by atoms with Crippen LogP contribution in [-0.4, -0.2) is 15.0 Å². The number of fused-ring (bicyclic) bond motifs is 6. The van der Waals surface area contributed by atoms with Crippen LogP contribution in [-0.2, 0) is 5.41 Å². The van der Waals surface area contributed by atoms with Crippen molar-refractivity contribution >= 4 is 21.5 Å². The van der Waals surface area contributed by atoms with E-state index in [0.29, 0.717) is 17.5 Å². The van der Waals surface area contributed by atoms with Crippen LogP contribution in [0, 0.1) is 0 Å². The summed E-state index contributed by atoms with van der Waals surface area (Å²) in [6.45, 7) is 4.71. The van der Waals surface area contributed by atoms with Crippen molar-refractivity contribution in [2.75, 3.05) is 0 Å². The van der Waals surface area contributed by atoms with Gasteiger partial charge in [-0.05, 0) is 73.1 Å². The molecular formula is C44H31N3. The van der Waals surface area contributed by atoms with E-state index in [1.807, 2.05) is 36.4 Å². The van der Waals surface area contributed by atoms with Crippen LogP contribution in [0.5, 0.6) is 0 Å². The Balaban J connectivity index is 1.27. The van der Waals surface area contributed by atoms with Gasteiger partial charge in [0.25, 0.3) is 0 Å². The summed E-state index contributed by atoms with van der Waals surface area (Å²) in [5.41, 5.74) is 10.6. The van der Waals surface area contributed by atoms with E-state index in [1.54, 1.807) is 0 Å². The molecule has 0 atom stereocenters. The van der Waals surface area contributed by atoms with Crippen molar-refractivity contribution in [2.24, 2.45) is 0 Å². The molecule has 1 aliphatic rings. The number of nitrogens with zero attached hydrogens (tertiary/aromatic N) is 3. The topological polar surface area (TPSA) is 38.7 Å². The van der Waals surface area contributed by atoms with Crippen LogP contribution in [0.1, 0.15) is 25.0 Å². The zero-order chi connectivity index (χ0) is 31.5. The molecule has 0 radical (unpaired) electrons. The monoisotopic (exact) mass is 601 g/mol. The van der Waals surface area contributed by atoms with Gasteiger partial charge in [0.2, 0.25) is 0 Å². The maximum absolute atomic E-state index is 5.10. The van der Waals surface area contributed by atoms with Crippen molar-refractivity contribution in [2.45, 2.75) is 19.3 Å². The van der Waals surface area contributed by atoms with Crippen molar-refractivity contribution in [3.05, 3.63) is 163 Å². The molecule has 0 saturated carbocycles. The molecule has 7 aromatic carbocycles. The number of benzene rings is 7. The van der Waals surface area contributed by atoms with Crippen LogP contribution in [0.2, 0.25) is 0 Å². The molecule has 0 amide bonds. The van der Waals surface area contributed by atoms with Gasteiger partial charge in [-0.25, -0.2) is 15.0 Å². The van der Waals surface area contributed by atoms with E-state index in [2.05, 4.69) is 129 Å². The Bertz CT molecular complexity index is 2420. The minimum Gasteiger partial charge on any atom is -0.208 e. The second kappa shape index (κ2) is 10.6. The first-order valence-corrected chi connectivity index (χ1v) is 16.1. The number of hydrogen-bond acceptors (Lipinski definition) is 3. The largest absolute Gasteiger partial charge is 0.208 e. The highest BCUT2D eigenvalue weighted by Crippen LogP contribution is 2.51. The van der Waals surface area contributed by atoms with E-state index in [4.69, 9.17) is 15.0 Å². The summed E-state index contributed by atoms with van der Waals surface area (Å²) in [7, 11) is 0. The molecule has 47 heavy (non-hydrogen) atoms. The SMILES string of the molecule is CC1(C)c2ccccc2-c2ccc3ccc(-c4cc(-c5nc(-c6ccccc6)nc(-c6ccccc6)n5)c5ccccc5c4)cc3c21. The summed E-state index contributed by atoms with van der Waals surface area (Å²) in [5, 5.41) is 4.81. The Labute approximate surface area is 274 Å². The first kappa shape index (κ1) is 27.4. The van der Waals surface area contributed by atoms with Crippen molar-refractivity contribution < 1.29 is 0 Å². The molecule has 8 aromatic rings. The molecule has 0 saturated heterocycles. The molecule has 1 aliphatic carbocycles. The van der Waals surface area contributed by atoms with Crippen LogP contribution in [0.3, 0.4) is 0 Å². The van der Waals surface area contributed by atoms with Crippen LogP contribution < -0.4 is 0 Å². The Kier molecular flexibility index (Phi) is 6.16. The highest BCUT2D eigenvalue weighted by molar-refractivity contribution is 6.02. The van der Waals surface area contributed by atoms with Crippen molar-refractivity contribution in [1.82, 2.24) is 15.0 Å². The fraction of sp³-hybridized carbons (Fsp3) is 0.0682. The maximum Gasteiger partial charge on any atom is 0.164 e. The van der Waals surface area contributed by atoms with Crippen LogP contribution in [0.15, 0.2) is 152 Å². The summed E-state index contributed by atoms with van der Waals surface area (Å²) < 4.78 is 0. The van der Waals surface area contributed by atoms with E-state index in [9.17, 15) is 0 Å². The zero-order valence-corrected chi connectivity index (χ0v) is 26.3. The summed E-state index contributed by atoms with van der Waals surface area (Å²) in [6, 6.07) is 53.7. The molecule has 0 unspecified atom stereocenters. The summed E-state index contributed by atoms with van der Waals surface area (Å²) in [5.74, 6) is 1.98. The second-order valence-corrected chi connectivity index (χ2v) is 12.9. The Hall–Kier alpha value is -5.93. The van der Waals surface area contributed by atoms with Crippen LogP contribution >= 0.6 is 0 Å². The fourth-order valence-electron chi connectivity index (χ4n) is 7.39. The Morgan fingerprint density at radius 2 is 1.00 bits per heavy atom. The summed E-state index contributed by atoms with van der Waals surface area (Å²) in [4.78, 5) is 15.1. The second-order valence-electron chi connectivity index (χ2n) is 12.9. The van der Waals surface area contributed by atoms with Crippen LogP contribution in [0.4, 0.5) is 0 Å². The van der Waals surface area contributed by atoms with Crippen molar-refractivity contribution in [3.63, 3.8) is 0 Å². The third-order valence-corrected chi connectivity index (χ3v) is 9.67. The molecule has 0 fully saturated rings. The molecule has 9 rings (SSSR count). The molecule has 1 aromatic heterocycles. The predicted molar refractivity (Wildman–Crippen MR) is 194 cm³/mol. The molecular weight excluding hydrogens is 571 g/mol. The molecule has 1 heterocycles. The minimum absolute atomic E-state index is 0.0921. The zero-order valence-electron chi connectivity index (χ0n) is 26.3. The molecule has 222 valence electrons.